The highest BCUT2D eigenvalue weighted by molar-refractivity contribution is 7.99. The predicted octanol–water partition coefficient (Wildman–Crippen LogP) is 0.233. The van der Waals surface area contributed by atoms with Gasteiger partial charge in [0, 0.05) is 12.0 Å². The molecule has 6 heteroatoms. The lowest BCUT2D eigenvalue weighted by Crippen LogP contribution is -2.58. The summed E-state index contributed by atoms with van der Waals surface area (Å²) in [5.74, 6) is 0. The zero-order chi connectivity index (χ0) is 13.8. The van der Waals surface area contributed by atoms with E-state index < -0.39 is 29.9 Å². The molecule has 0 bridgehead atoms. The third-order valence-electron chi connectivity index (χ3n) is 3.09. The van der Waals surface area contributed by atoms with E-state index in [1.54, 1.807) is 0 Å². The first kappa shape index (κ1) is 14.8. The van der Waals surface area contributed by atoms with Crippen molar-refractivity contribution in [1.29, 1.82) is 0 Å². The van der Waals surface area contributed by atoms with Crippen molar-refractivity contribution in [3.05, 3.63) is 30.3 Å². The minimum Gasteiger partial charge on any atom is -0.394 e. The standard InChI is InChI=1S/C13H18O5S/c1-17-12-10(15)9(7-14)18-13(11(12)16)19-8-5-3-2-4-6-8/h2-6,9-16H,7H2,1H3/t9-,10-,11+,12+,13-/m1/s1. The van der Waals surface area contributed by atoms with Crippen LogP contribution in [0.3, 0.4) is 0 Å². The Kier molecular flexibility index (Phi) is 5.20. The van der Waals surface area contributed by atoms with Crippen LogP contribution in [0.2, 0.25) is 0 Å². The van der Waals surface area contributed by atoms with Gasteiger partial charge in [-0.1, -0.05) is 30.0 Å². The smallest absolute Gasteiger partial charge is 0.136 e. The van der Waals surface area contributed by atoms with Crippen LogP contribution in [0.15, 0.2) is 35.2 Å². The van der Waals surface area contributed by atoms with E-state index in [-0.39, 0.29) is 6.61 Å². The van der Waals surface area contributed by atoms with E-state index in [4.69, 9.17) is 9.47 Å². The predicted molar refractivity (Wildman–Crippen MR) is 70.9 cm³/mol. The molecule has 0 amide bonds. The van der Waals surface area contributed by atoms with Crippen molar-refractivity contribution < 1.29 is 24.8 Å². The molecule has 0 spiro atoms. The number of aliphatic hydroxyl groups excluding tert-OH is 3. The Morgan fingerprint density at radius 3 is 2.47 bits per heavy atom. The number of ether oxygens (including phenoxy) is 2. The second-order valence-electron chi connectivity index (χ2n) is 4.34. The lowest BCUT2D eigenvalue weighted by atomic mass is 10.0. The summed E-state index contributed by atoms with van der Waals surface area (Å²) in [4.78, 5) is 0.939. The van der Waals surface area contributed by atoms with Crippen molar-refractivity contribution >= 4 is 11.8 Å². The second kappa shape index (κ2) is 6.69. The largest absolute Gasteiger partial charge is 0.394 e. The molecule has 1 heterocycles. The quantitative estimate of drug-likeness (QED) is 0.735. The number of benzene rings is 1. The lowest BCUT2D eigenvalue weighted by Gasteiger charge is -2.41. The van der Waals surface area contributed by atoms with Gasteiger partial charge in [-0.25, -0.2) is 0 Å². The highest BCUT2D eigenvalue weighted by Gasteiger charge is 2.44. The van der Waals surface area contributed by atoms with Gasteiger partial charge >= 0.3 is 0 Å². The summed E-state index contributed by atoms with van der Waals surface area (Å²) in [6.45, 7) is -0.320. The number of aliphatic hydroxyl groups is 3. The molecule has 1 aliphatic heterocycles. The molecule has 3 N–H and O–H groups in total. The molecule has 0 radical (unpaired) electrons. The average Bonchev–Trinajstić information content (AvgIpc) is 2.44. The maximum absolute atomic E-state index is 10.2. The third kappa shape index (κ3) is 3.28. The zero-order valence-electron chi connectivity index (χ0n) is 10.5. The van der Waals surface area contributed by atoms with Crippen molar-refractivity contribution in [2.24, 2.45) is 0 Å². The van der Waals surface area contributed by atoms with Gasteiger partial charge in [-0.3, -0.25) is 0 Å². The summed E-state index contributed by atoms with van der Waals surface area (Å²) in [6.07, 6.45) is -3.53. The fourth-order valence-corrected chi connectivity index (χ4v) is 3.14. The molecule has 19 heavy (non-hydrogen) atoms. The first-order valence-electron chi connectivity index (χ1n) is 6.04. The summed E-state index contributed by atoms with van der Waals surface area (Å²) >= 11 is 1.34. The molecular formula is C13H18O5S. The minimum atomic E-state index is -1.04. The van der Waals surface area contributed by atoms with Crippen LogP contribution in [0.1, 0.15) is 0 Å². The maximum Gasteiger partial charge on any atom is 0.136 e. The van der Waals surface area contributed by atoms with Crippen LogP contribution < -0.4 is 0 Å². The minimum absolute atomic E-state index is 0.320. The van der Waals surface area contributed by atoms with Gasteiger partial charge in [-0.2, -0.15) is 0 Å². The summed E-state index contributed by atoms with van der Waals surface area (Å²) in [7, 11) is 1.42. The molecule has 5 atom stereocenters. The Labute approximate surface area is 116 Å². The molecule has 1 saturated heterocycles. The Balaban J connectivity index is 2.11. The molecule has 0 aromatic heterocycles. The van der Waals surface area contributed by atoms with Gasteiger partial charge in [0.15, 0.2) is 0 Å². The van der Waals surface area contributed by atoms with E-state index in [0.29, 0.717) is 0 Å². The van der Waals surface area contributed by atoms with Gasteiger partial charge in [0.1, 0.15) is 29.9 Å². The first-order chi connectivity index (χ1) is 9.17. The molecule has 106 valence electrons. The molecule has 5 nitrogen and oxygen atoms in total. The molecule has 1 aliphatic rings. The van der Waals surface area contributed by atoms with Crippen LogP contribution in [-0.2, 0) is 9.47 Å². The van der Waals surface area contributed by atoms with Crippen molar-refractivity contribution in [2.75, 3.05) is 13.7 Å². The van der Waals surface area contributed by atoms with E-state index in [1.165, 1.54) is 18.9 Å². The van der Waals surface area contributed by atoms with Gasteiger partial charge in [0.2, 0.25) is 0 Å². The first-order valence-corrected chi connectivity index (χ1v) is 6.92. The molecule has 0 aliphatic carbocycles. The summed E-state index contributed by atoms with van der Waals surface area (Å²) in [5.41, 5.74) is -0.590. The molecule has 1 aromatic rings. The molecule has 1 aromatic carbocycles. The van der Waals surface area contributed by atoms with Crippen LogP contribution in [0.5, 0.6) is 0 Å². The van der Waals surface area contributed by atoms with Gasteiger partial charge in [0.25, 0.3) is 0 Å². The zero-order valence-corrected chi connectivity index (χ0v) is 11.4. The lowest BCUT2D eigenvalue weighted by molar-refractivity contribution is -0.213. The molecule has 0 unspecified atom stereocenters. The van der Waals surface area contributed by atoms with Crippen LogP contribution in [0.25, 0.3) is 0 Å². The normalized spacial score (nSPS) is 35.3. The van der Waals surface area contributed by atoms with Gasteiger partial charge in [-0.05, 0) is 12.1 Å². The van der Waals surface area contributed by atoms with Gasteiger partial charge in [-0.15, -0.1) is 0 Å². The highest BCUT2D eigenvalue weighted by Crippen LogP contribution is 2.33. The molecule has 1 fully saturated rings. The van der Waals surface area contributed by atoms with E-state index in [2.05, 4.69) is 0 Å². The monoisotopic (exact) mass is 286 g/mol. The average molecular weight is 286 g/mol. The van der Waals surface area contributed by atoms with Crippen LogP contribution >= 0.6 is 11.8 Å². The number of methoxy groups -OCH3 is 1. The molecule has 2 rings (SSSR count). The Bertz CT molecular complexity index is 388. The summed E-state index contributed by atoms with van der Waals surface area (Å²) < 4.78 is 10.6. The SMILES string of the molecule is CO[C@@H]1[C@H](O)[C@@H](Sc2ccccc2)O[C@H](CO)[C@H]1O. The van der Waals surface area contributed by atoms with Crippen molar-refractivity contribution in [3.8, 4) is 0 Å². The second-order valence-corrected chi connectivity index (χ2v) is 5.51. The maximum atomic E-state index is 10.2. The fraction of sp³-hybridized carbons (Fsp3) is 0.538. The number of rotatable bonds is 4. The van der Waals surface area contributed by atoms with Crippen LogP contribution in [0, 0.1) is 0 Å². The number of hydrogen-bond donors (Lipinski definition) is 3. The Morgan fingerprint density at radius 1 is 1.21 bits per heavy atom. The summed E-state index contributed by atoms with van der Waals surface area (Å²) in [5, 5.41) is 29.3. The van der Waals surface area contributed by atoms with Crippen molar-refractivity contribution in [3.63, 3.8) is 0 Å². The van der Waals surface area contributed by atoms with Crippen molar-refractivity contribution in [1.82, 2.24) is 0 Å². The van der Waals surface area contributed by atoms with E-state index >= 15 is 0 Å². The van der Waals surface area contributed by atoms with E-state index in [1.807, 2.05) is 30.3 Å². The van der Waals surface area contributed by atoms with E-state index in [9.17, 15) is 15.3 Å². The fourth-order valence-electron chi connectivity index (χ4n) is 2.06. The Morgan fingerprint density at radius 2 is 1.89 bits per heavy atom. The Hall–Kier alpha value is -0.630. The van der Waals surface area contributed by atoms with Crippen molar-refractivity contribution in [2.45, 2.75) is 34.7 Å². The molecule has 0 saturated carbocycles. The number of thioether (sulfide) groups is 1. The number of hydrogen-bond acceptors (Lipinski definition) is 6. The van der Waals surface area contributed by atoms with E-state index in [0.717, 1.165) is 4.90 Å². The highest BCUT2D eigenvalue weighted by atomic mass is 32.2. The van der Waals surface area contributed by atoms with Gasteiger partial charge in [0.05, 0.1) is 6.61 Å². The third-order valence-corrected chi connectivity index (χ3v) is 4.26. The topological polar surface area (TPSA) is 79.2 Å². The van der Waals surface area contributed by atoms with Crippen LogP contribution in [-0.4, -0.2) is 58.9 Å². The van der Waals surface area contributed by atoms with Gasteiger partial charge < -0.3 is 24.8 Å². The molecular weight excluding hydrogens is 268 g/mol. The summed E-state index contributed by atoms with van der Waals surface area (Å²) in [6, 6.07) is 9.50. The van der Waals surface area contributed by atoms with Crippen LogP contribution in [0.4, 0.5) is 0 Å².